The zero-order valence-corrected chi connectivity index (χ0v) is 25.9. The molecule has 1 saturated heterocycles. The summed E-state index contributed by atoms with van der Waals surface area (Å²) < 4.78 is 48.7. The van der Waals surface area contributed by atoms with Crippen LogP contribution in [-0.4, -0.2) is 38.8 Å². The third-order valence-electron chi connectivity index (χ3n) is 7.45. The first-order valence-electron chi connectivity index (χ1n) is 14.7. The van der Waals surface area contributed by atoms with Gasteiger partial charge in [0.15, 0.2) is 0 Å². The number of pyridine rings is 1. The summed E-state index contributed by atoms with van der Waals surface area (Å²) in [5, 5.41) is 0.304. The Balaban J connectivity index is 1.23. The predicted molar refractivity (Wildman–Crippen MR) is 167 cm³/mol. The Kier molecular flexibility index (Phi) is 8.57. The van der Waals surface area contributed by atoms with E-state index in [1.54, 1.807) is 60.7 Å². The van der Waals surface area contributed by atoms with Crippen LogP contribution in [0.5, 0.6) is 5.88 Å². The van der Waals surface area contributed by atoms with Crippen molar-refractivity contribution in [1.82, 2.24) is 14.5 Å². The van der Waals surface area contributed by atoms with E-state index in [4.69, 9.17) is 30.8 Å². The SMILES string of the molecule is CC(C)(C)OC(=O)c1ccc2nc(Cc3ccc(-c4cccc(OCc5ccc(Cl)cc5F)n4)cc3F)n(CC3CCO3)c2c1. The van der Waals surface area contributed by atoms with Crippen molar-refractivity contribution in [2.24, 2.45) is 0 Å². The van der Waals surface area contributed by atoms with E-state index in [2.05, 4.69) is 4.98 Å². The summed E-state index contributed by atoms with van der Waals surface area (Å²) in [6, 6.07) is 19.8. The van der Waals surface area contributed by atoms with Crippen LogP contribution in [0.15, 0.2) is 72.8 Å². The first-order chi connectivity index (χ1) is 21.5. The van der Waals surface area contributed by atoms with Crippen molar-refractivity contribution in [2.45, 2.75) is 58.5 Å². The minimum atomic E-state index is -0.623. The fraction of sp³-hybridized carbons (Fsp3) is 0.286. The van der Waals surface area contributed by atoms with Crippen LogP contribution in [0.3, 0.4) is 0 Å². The molecule has 0 saturated carbocycles. The topological polar surface area (TPSA) is 75.5 Å². The number of rotatable bonds is 9. The number of carbonyl (C=O) groups excluding carboxylic acids is 1. The van der Waals surface area contributed by atoms with Crippen molar-refractivity contribution in [2.75, 3.05) is 6.61 Å². The molecule has 6 rings (SSSR count). The summed E-state index contributed by atoms with van der Waals surface area (Å²) in [6.45, 7) is 6.69. The number of hydrogen-bond acceptors (Lipinski definition) is 6. The maximum absolute atomic E-state index is 15.6. The number of aromatic nitrogens is 3. The maximum atomic E-state index is 15.6. The molecule has 3 heterocycles. The van der Waals surface area contributed by atoms with Crippen LogP contribution in [0.4, 0.5) is 8.78 Å². The highest BCUT2D eigenvalue weighted by Crippen LogP contribution is 2.28. The molecule has 7 nitrogen and oxygen atoms in total. The van der Waals surface area contributed by atoms with Gasteiger partial charge in [-0.2, -0.15) is 0 Å². The van der Waals surface area contributed by atoms with Crippen molar-refractivity contribution in [3.05, 3.63) is 112 Å². The molecule has 2 aromatic heterocycles. The summed E-state index contributed by atoms with van der Waals surface area (Å²) in [7, 11) is 0. The second kappa shape index (κ2) is 12.6. The number of ether oxygens (including phenoxy) is 3. The quantitative estimate of drug-likeness (QED) is 0.154. The number of carbonyl (C=O) groups is 1. The van der Waals surface area contributed by atoms with Gasteiger partial charge in [0.25, 0.3) is 0 Å². The minimum Gasteiger partial charge on any atom is -0.473 e. The van der Waals surface area contributed by atoms with Crippen molar-refractivity contribution in [1.29, 1.82) is 0 Å². The average molecular weight is 632 g/mol. The van der Waals surface area contributed by atoms with Crippen molar-refractivity contribution in [3.63, 3.8) is 0 Å². The maximum Gasteiger partial charge on any atom is 0.338 e. The molecule has 3 aromatic carbocycles. The van der Waals surface area contributed by atoms with Gasteiger partial charge in [0.05, 0.1) is 34.9 Å². The van der Waals surface area contributed by atoms with Crippen LogP contribution in [0.2, 0.25) is 5.02 Å². The Hall–Kier alpha value is -4.34. The third-order valence-corrected chi connectivity index (χ3v) is 7.69. The lowest BCUT2D eigenvalue weighted by atomic mass is 10.1. The molecule has 1 atom stereocenters. The van der Waals surface area contributed by atoms with E-state index < -0.39 is 23.2 Å². The molecular weight excluding hydrogens is 600 g/mol. The molecule has 0 N–H and O–H groups in total. The Labute approximate surface area is 264 Å². The van der Waals surface area contributed by atoms with Gasteiger partial charge in [0.1, 0.15) is 29.7 Å². The molecule has 1 aliphatic heterocycles. The standard InChI is InChI=1S/C35H32ClF2N3O4/c1-35(2,3)45-34(42)23-10-12-30-31(16-23)41(19-26-13-14-43-26)32(39-30)17-21-7-8-22(15-27(21)37)29-5-4-6-33(40-29)44-20-24-9-11-25(36)18-28(24)38/h4-12,15-16,18,26H,13-14,17,19-20H2,1-3H3. The van der Waals surface area contributed by atoms with E-state index in [0.717, 1.165) is 11.9 Å². The number of imidazole rings is 1. The molecule has 45 heavy (non-hydrogen) atoms. The number of benzene rings is 3. The summed E-state index contributed by atoms with van der Waals surface area (Å²) in [5.74, 6) is -0.341. The fourth-order valence-corrected chi connectivity index (χ4v) is 5.23. The molecule has 1 fully saturated rings. The molecule has 0 amide bonds. The summed E-state index contributed by atoms with van der Waals surface area (Å²) in [5.41, 5.74) is 3.15. The van der Waals surface area contributed by atoms with Gasteiger partial charge in [-0.3, -0.25) is 0 Å². The van der Waals surface area contributed by atoms with Crippen molar-refractivity contribution < 1.29 is 27.8 Å². The first-order valence-corrected chi connectivity index (χ1v) is 15.1. The summed E-state index contributed by atoms with van der Waals surface area (Å²) >= 11 is 5.83. The molecule has 1 aliphatic rings. The summed E-state index contributed by atoms with van der Waals surface area (Å²) in [4.78, 5) is 22.1. The molecule has 0 radical (unpaired) electrons. The van der Waals surface area contributed by atoms with Crippen molar-refractivity contribution in [3.8, 4) is 17.1 Å². The van der Waals surface area contributed by atoms with E-state index in [0.29, 0.717) is 57.5 Å². The van der Waals surface area contributed by atoms with Gasteiger partial charge in [-0.05, 0) is 75.2 Å². The van der Waals surface area contributed by atoms with Gasteiger partial charge in [0.2, 0.25) is 5.88 Å². The Morgan fingerprint density at radius 2 is 1.78 bits per heavy atom. The minimum absolute atomic E-state index is 0.0234. The monoisotopic (exact) mass is 631 g/mol. The van der Waals surface area contributed by atoms with Gasteiger partial charge >= 0.3 is 5.97 Å². The average Bonchev–Trinajstić information content (AvgIpc) is 3.30. The molecule has 5 aromatic rings. The molecule has 1 unspecified atom stereocenters. The van der Waals surface area contributed by atoms with Crippen LogP contribution in [0.1, 0.15) is 54.5 Å². The van der Waals surface area contributed by atoms with Crippen LogP contribution < -0.4 is 4.74 Å². The van der Waals surface area contributed by atoms with E-state index in [9.17, 15) is 9.18 Å². The molecule has 0 spiro atoms. The van der Waals surface area contributed by atoms with Crippen LogP contribution in [0.25, 0.3) is 22.3 Å². The summed E-state index contributed by atoms with van der Waals surface area (Å²) in [6.07, 6.45) is 1.17. The molecule has 0 aliphatic carbocycles. The number of fused-ring (bicyclic) bond motifs is 1. The number of nitrogens with zero attached hydrogens (tertiary/aromatic N) is 3. The number of halogens is 3. The van der Waals surface area contributed by atoms with Gasteiger partial charge in [-0.1, -0.05) is 35.9 Å². The van der Waals surface area contributed by atoms with Crippen LogP contribution in [-0.2, 0) is 29.0 Å². The number of hydrogen-bond donors (Lipinski definition) is 0. The van der Waals surface area contributed by atoms with Gasteiger partial charge in [-0.15, -0.1) is 0 Å². The van der Waals surface area contributed by atoms with Gasteiger partial charge in [-0.25, -0.2) is 23.5 Å². The molecule has 232 valence electrons. The largest absolute Gasteiger partial charge is 0.473 e. The first kappa shape index (κ1) is 30.7. The smallest absolute Gasteiger partial charge is 0.338 e. The molecule has 0 bridgehead atoms. The van der Waals surface area contributed by atoms with E-state index in [1.807, 2.05) is 25.3 Å². The molecule has 10 heteroatoms. The number of esters is 1. The predicted octanol–water partition coefficient (Wildman–Crippen LogP) is 7.94. The van der Waals surface area contributed by atoms with E-state index in [1.165, 1.54) is 12.1 Å². The van der Waals surface area contributed by atoms with Gasteiger partial charge in [0, 0.05) is 35.2 Å². The fourth-order valence-electron chi connectivity index (χ4n) is 5.07. The second-order valence-corrected chi connectivity index (χ2v) is 12.4. The highest BCUT2D eigenvalue weighted by Gasteiger charge is 2.24. The Morgan fingerprint density at radius 3 is 2.49 bits per heavy atom. The molecular formula is C35H32ClF2N3O4. The third kappa shape index (κ3) is 7.16. The highest BCUT2D eigenvalue weighted by atomic mass is 35.5. The van der Waals surface area contributed by atoms with E-state index >= 15 is 4.39 Å². The van der Waals surface area contributed by atoms with Crippen LogP contribution in [0, 0.1) is 11.6 Å². The second-order valence-electron chi connectivity index (χ2n) is 12.0. The lowest BCUT2D eigenvalue weighted by molar-refractivity contribution is -0.0589. The van der Waals surface area contributed by atoms with Crippen molar-refractivity contribution >= 4 is 28.6 Å². The van der Waals surface area contributed by atoms with Crippen LogP contribution >= 0.6 is 11.6 Å². The zero-order valence-electron chi connectivity index (χ0n) is 25.1. The lowest BCUT2D eigenvalue weighted by Gasteiger charge is -2.27. The Morgan fingerprint density at radius 1 is 1.00 bits per heavy atom. The highest BCUT2D eigenvalue weighted by molar-refractivity contribution is 6.30. The zero-order chi connectivity index (χ0) is 31.7. The van der Waals surface area contributed by atoms with E-state index in [-0.39, 0.29) is 25.0 Å². The Bertz CT molecular complexity index is 1880. The normalized spacial score (nSPS) is 14.8. The lowest BCUT2D eigenvalue weighted by Crippen LogP contribution is -2.31. The van der Waals surface area contributed by atoms with Gasteiger partial charge < -0.3 is 18.8 Å².